The summed E-state index contributed by atoms with van der Waals surface area (Å²) in [6, 6.07) is 5.48. The van der Waals surface area contributed by atoms with Crippen LogP contribution in [0.1, 0.15) is 36.2 Å². The van der Waals surface area contributed by atoms with E-state index in [1.165, 1.54) is 6.92 Å². The van der Waals surface area contributed by atoms with E-state index in [4.69, 9.17) is 4.74 Å². The number of hydrogen-bond acceptors (Lipinski definition) is 3. The Hall–Kier alpha value is -1.84. The predicted molar refractivity (Wildman–Crippen MR) is 67.6 cm³/mol. The highest BCUT2D eigenvalue weighted by Crippen LogP contribution is 2.27. The lowest BCUT2D eigenvalue weighted by atomic mass is 10.0. The smallest absolute Gasteiger partial charge is 0.219 e. The van der Waals surface area contributed by atoms with E-state index in [1.54, 1.807) is 4.90 Å². The average molecular weight is 247 g/mol. The molecule has 0 fully saturated rings. The molecule has 1 heterocycles. The van der Waals surface area contributed by atoms with E-state index in [9.17, 15) is 9.59 Å². The maximum atomic E-state index is 12.0. The topological polar surface area (TPSA) is 46.6 Å². The maximum Gasteiger partial charge on any atom is 0.219 e. The third-order valence-electron chi connectivity index (χ3n) is 3.14. The number of rotatable bonds is 2. The van der Waals surface area contributed by atoms with Gasteiger partial charge in [0.25, 0.3) is 0 Å². The molecule has 1 aliphatic rings. The van der Waals surface area contributed by atoms with Crippen molar-refractivity contribution >= 4 is 11.7 Å². The zero-order valence-electron chi connectivity index (χ0n) is 10.7. The summed E-state index contributed by atoms with van der Waals surface area (Å²) in [7, 11) is 0. The van der Waals surface area contributed by atoms with E-state index >= 15 is 0 Å². The largest absolute Gasteiger partial charge is 0.494 e. The highest BCUT2D eigenvalue weighted by Gasteiger charge is 2.24. The van der Waals surface area contributed by atoms with Gasteiger partial charge in [0.05, 0.1) is 6.61 Å². The third-order valence-corrected chi connectivity index (χ3v) is 3.14. The lowest BCUT2D eigenvalue weighted by molar-refractivity contribution is -0.129. The van der Waals surface area contributed by atoms with Crippen molar-refractivity contribution in [2.75, 3.05) is 13.2 Å². The van der Waals surface area contributed by atoms with Crippen molar-refractivity contribution < 1.29 is 14.3 Å². The van der Waals surface area contributed by atoms with Gasteiger partial charge >= 0.3 is 0 Å². The quantitative estimate of drug-likeness (QED) is 0.803. The first-order chi connectivity index (χ1) is 8.63. The standard InChI is InChI=1S/C14H17NO3/c1-3-18-14-6-4-5-11-12(14)9-15(10(2)16)8-7-13(11)17/h4-6H,3,7-9H2,1-2H3. The minimum atomic E-state index is -0.0121. The molecule has 0 radical (unpaired) electrons. The summed E-state index contributed by atoms with van der Waals surface area (Å²) >= 11 is 0. The van der Waals surface area contributed by atoms with Gasteiger partial charge in [0, 0.05) is 37.6 Å². The molecule has 1 aromatic carbocycles. The average Bonchev–Trinajstić information content (AvgIpc) is 2.51. The van der Waals surface area contributed by atoms with Gasteiger partial charge in [-0.05, 0) is 13.0 Å². The number of benzene rings is 1. The second-order valence-corrected chi connectivity index (χ2v) is 4.33. The van der Waals surface area contributed by atoms with Crippen molar-refractivity contribution in [2.45, 2.75) is 26.8 Å². The summed E-state index contributed by atoms with van der Waals surface area (Å²) in [6.07, 6.45) is 0.377. The van der Waals surface area contributed by atoms with Gasteiger partial charge in [-0.15, -0.1) is 0 Å². The molecule has 0 N–H and O–H groups in total. The Bertz CT molecular complexity index is 482. The fraction of sp³-hybridized carbons (Fsp3) is 0.429. The molecular weight excluding hydrogens is 230 g/mol. The molecule has 0 saturated heterocycles. The fourth-order valence-electron chi connectivity index (χ4n) is 2.19. The monoisotopic (exact) mass is 247 g/mol. The van der Waals surface area contributed by atoms with Gasteiger partial charge in [0.15, 0.2) is 5.78 Å². The normalized spacial score (nSPS) is 15.0. The second-order valence-electron chi connectivity index (χ2n) is 4.33. The van der Waals surface area contributed by atoms with E-state index in [0.717, 1.165) is 5.56 Å². The fourth-order valence-corrected chi connectivity index (χ4v) is 2.19. The zero-order valence-corrected chi connectivity index (χ0v) is 10.7. The SMILES string of the molecule is CCOc1cccc2c1CN(C(C)=O)CCC2=O. The first-order valence-corrected chi connectivity index (χ1v) is 6.17. The molecule has 18 heavy (non-hydrogen) atoms. The van der Waals surface area contributed by atoms with Crippen LogP contribution in [0.15, 0.2) is 18.2 Å². The first-order valence-electron chi connectivity index (χ1n) is 6.17. The number of ketones is 1. The Morgan fingerprint density at radius 2 is 2.22 bits per heavy atom. The first kappa shape index (κ1) is 12.6. The molecule has 4 heteroatoms. The molecule has 0 aromatic heterocycles. The zero-order chi connectivity index (χ0) is 13.1. The molecule has 1 aromatic rings. The Labute approximate surface area is 107 Å². The number of fused-ring (bicyclic) bond motifs is 1. The van der Waals surface area contributed by atoms with Crippen molar-refractivity contribution in [1.29, 1.82) is 0 Å². The van der Waals surface area contributed by atoms with Crippen LogP contribution in [-0.4, -0.2) is 29.7 Å². The summed E-state index contributed by atoms with van der Waals surface area (Å²) in [5, 5.41) is 0. The van der Waals surface area contributed by atoms with Crippen molar-refractivity contribution in [1.82, 2.24) is 4.90 Å². The molecule has 0 unspecified atom stereocenters. The van der Waals surface area contributed by atoms with E-state index in [1.807, 2.05) is 25.1 Å². The van der Waals surface area contributed by atoms with E-state index < -0.39 is 0 Å². The molecule has 4 nitrogen and oxygen atoms in total. The number of hydrogen-bond donors (Lipinski definition) is 0. The summed E-state index contributed by atoms with van der Waals surface area (Å²) in [6.45, 7) is 4.91. The molecule has 0 spiro atoms. The minimum Gasteiger partial charge on any atom is -0.494 e. The number of amides is 1. The van der Waals surface area contributed by atoms with Crippen LogP contribution < -0.4 is 4.74 Å². The van der Waals surface area contributed by atoms with Gasteiger partial charge in [-0.2, -0.15) is 0 Å². The van der Waals surface area contributed by atoms with Crippen LogP contribution in [-0.2, 0) is 11.3 Å². The van der Waals surface area contributed by atoms with Crippen molar-refractivity contribution in [2.24, 2.45) is 0 Å². The lowest BCUT2D eigenvalue weighted by Gasteiger charge is -2.20. The van der Waals surface area contributed by atoms with Gasteiger partial charge < -0.3 is 9.64 Å². The van der Waals surface area contributed by atoms with E-state index in [0.29, 0.717) is 37.4 Å². The van der Waals surface area contributed by atoms with Gasteiger partial charge in [-0.25, -0.2) is 0 Å². The molecule has 0 saturated carbocycles. The summed E-state index contributed by atoms with van der Waals surface area (Å²) in [4.78, 5) is 25.2. The summed E-state index contributed by atoms with van der Waals surface area (Å²) in [5.74, 6) is 0.772. The molecular formula is C14H17NO3. The van der Waals surface area contributed by atoms with E-state index in [2.05, 4.69) is 0 Å². The third kappa shape index (κ3) is 2.37. The highest BCUT2D eigenvalue weighted by atomic mass is 16.5. The molecule has 2 rings (SSSR count). The summed E-state index contributed by atoms with van der Waals surface area (Å²) in [5.41, 5.74) is 1.52. The lowest BCUT2D eigenvalue weighted by Crippen LogP contribution is -2.28. The summed E-state index contributed by atoms with van der Waals surface area (Å²) < 4.78 is 5.55. The number of Topliss-reactive ketones (excluding diaryl/α,β-unsaturated/α-hetero) is 1. The van der Waals surface area contributed by atoms with Crippen LogP contribution in [0.25, 0.3) is 0 Å². The van der Waals surface area contributed by atoms with E-state index in [-0.39, 0.29) is 11.7 Å². The number of carbonyl (C=O) groups excluding carboxylic acids is 2. The Morgan fingerprint density at radius 3 is 2.89 bits per heavy atom. The van der Waals surface area contributed by atoms with Crippen molar-refractivity contribution in [3.05, 3.63) is 29.3 Å². The van der Waals surface area contributed by atoms with Gasteiger partial charge in [0.1, 0.15) is 5.75 Å². The number of nitrogens with zero attached hydrogens (tertiary/aromatic N) is 1. The van der Waals surface area contributed by atoms with Crippen LogP contribution in [0, 0.1) is 0 Å². The van der Waals surface area contributed by atoms with Crippen molar-refractivity contribution in [3.63, 3.8) is 0 Å². The van der Waals surface area contributed by atoms with Crippen LogP contribution >= 0.6 is 0 Å². The molecule has 0 atom stereocenters. The number of carbonyl (C=O) groups is 2. The Kier molecular flexibility index (Phi) is 3.65. The van der Waals surface area contributed by atoms with Gasteiger partial charge in [-0.3, -0.25) is 9.59 Å². The molecule has 1 amide bonds. The Morgan fingerprint density at radius 1 is 1.44 bits per heavy atom. The van der Waals surface area contributed by atoms with Crippen LogP contribution in [0.5, 0.6) is 5.75 Å². The van der Waals surface area contributed by atoms with Crippen LogP contribution in [0.3, 0.4) is 0 Å². The molecule has 0 aliphatic carbocycles. The van der Waals surface area contributed by atoms with Gasteiger partial charge in [-0.1, -0.05) is 12.1 Å². The maximum absolute atomic E-state index is 12.0. The molecule has 96 valence electrons. The van der Waals surface area contributed by atoms with Crippen LogP contribution in [0.4, 0.5) is 0 Å². The Balaban J connectivity index is 2.44. The van der Waals surface area contributed by atoms with Crippen LogP contribution in [0.2, 0.25) is 0 Å². The van der Waals surface area contributed by atoms with Gasteiger partial charge in [0.2, 0.25) is 5.91 Å². The number of ether oxygens (including phenoxy) is 1. The van der Waals surface area contributed by atoms with Crippen molar-refractivity contribution in [3.8, 4) is 5.75 Å². The molecule has 1 aliphatic heterocycles. The molecule has 0 bridgehead atoms. The highest BCUT2D eigenvalue weighted by molar-refractivity contribution is 5.99. The minimum absolute atomic E-state index is 0.0121. The second kappa shape index (κ2) is 5.21. The predicted octanol–water partition coefficient (Wildman–Crippen LogP) is 2.02.